The molecule has 0 aromatic heterocycles. The SMILES string of the molecule is CC(C)=CCC/C(C)=C/C(O)C(O)/C(C)=C/CC/C(C)=C/CC1=CC(=O)C=C(C)C1=O. The van der Waals surface area contributed by atoms with Crippen molar-refractivity contribution in [3.8, 4) is 0 Å². The van der Waals surface area contributed by atoms with Gasteiger partial charge in [0.25, 0.3) is 0 Å². The Morgan fingerprint density at radius 2 is 1.52 bits per heavy atom. The summed E-state index contributed by atoms with van der Waals surface area (Å²) in [6, 6.07) is 0. The fraction of sp³-hybridized carbons (Fsp3) is 0.481. The summed E-state index contributed by atoms with van der Waals surface area (Å²) in [7, 11) is 0. The van der Waals surface area contributed by atoms with Crippen molar-refractivity contribution in [2.75, 3.05) is 0 Å². The Hall–Kier alpha value is -2.30. The molecule has 0 fully saturated rings. The lowest BCUT2D eigenvalue weighted by Crippen LogP contribution is -2.25. The zero-order valence-corrected chi connectivity index (χ0v) is 19.9. The average Bonchev–Trinajstić information content (AvgIpc) is 2.68. The highest BCUT2D eigenvalue weighted by Gasteiger charge is 2.17. The molecule has 170 valence electrons. The third-order valence-electron chi connectivity index (χ3n) is 5.34. The molecule has 0 aromatic carbocycles. The van der Waals surface area contributed by atoms with Crippen LogP contribution >= 0.6 is 0 Å². The van der Waals surface area contributed by atoms with Crippen molar-refractivity contribution in [1.29, 1.82) is 0 Å². The van der Waals surface area contributed by atoms with Crippen LogP contribution in [0.2, 0.25) is 0 Å². The number of ketones is 2. The molecule has 0 aromatic rings. The van der Waals surface area contributed by atoms with E-state index in [1.807, 2.05) is 32.9 Å². The monoisotopic (exact) mass is 426 g/mol. The Balaban J connectivity index is 2.55. The second-order valence-corrected chi connectivity index (χ2v) is 8.74. The number of aliphatic hydroxyl groups is 2. The Morgan fingerprint density at radius 3 is 2.16 bits per heavy atom. The maximum atomic E-state index is 12.1. The quantitative estimate of drug-likeness (QED) is 0.338. The topological polar surface area (TPSA) is 74.6 Å². The van der Waals surface area contributed by atoms with E-state index in [9.17, 15) is 19.8 Å². The van der Waals surface area contributed by atoms with Gasteiger partial charge in [0.15, 0.2) is 11.6 Å². The average molecular weight is 427 g/mol. The summed E-state index contributed by atoms with van der Waals surface area (Å²) >= 11 is 0. The Bertz CT molecular complexity index is 842. The number of hydrogen-bond donors (Lipinski definition) is 2. The van der Waals surface area contributed by atoms with Crippen molar-refractivity contribution >= 4 is 11.6 Å². The van der Waals surface area contributed by atoms with Crippen molar-refractivity contribution in [2.45, 2.75) is 85.9 Å². The summed E-state index contributed by atoms with van der Waals surface area (Å²) in [5, 5.41) is 20.7. The molecule has 0 spiro atoms. The summed E-state index contributed by atoms with van der Waals surface area (Å²) in [5.41, 5.74) is 5.21. The normalized spacial score (nSPS) is 17.9. The van der Waals surface area contributed by atoms with Crippen molar-refractivity contribution in [2.24, 2.45) is 0 Å². The van der Waals surface area contributed by atoms with Gasteiger partial charge in [0.1, 0.15) is 12.2 Å². The summed E-state index contributed by atoms with van der Waals surface area (Å²) in [5.74, 6) is -0.203. The van der Waals surface area contributed by atoms with Crippen LogP contribution in [-0.2, 0) is 9.59 Å². The third-order valence-corrected chi connectivity index (χ3v) is 5.34. The Morgan fingerprint density at radius 1 is 0.903 bits per heavy atom. The largest absolute Gasteiger partial charge is 0.386 e. The first-order valence-electron chi connectivity index (χ1n) is 11.0. The summed E-state index contributed by atoms with van der Waals surface area (Å²) in [6.45, 7) is 11.6. The van der Waals surface area contributed by atoms with E-state index in [1.165, 1.54) is 17.7 Å². The molecule has 1 aliphatic rings. The molecule has 0 heterocycles. The fourth-order valence-corrected chi connectivity index (χ4v) is 3.32. The molecule has 0 saturated heterocycles. The highest BCUT2D eigenvalue weighted by molar-refractivity contribution is 6.20. The fourth-order valence-electron chi connectivity index (χ4n) is 3.32. The van der Waals surface area contributed by atoms with Crippen LogP contribution < -0.4 is 0 Å². The van der Waals surface area contributed by atoms with Crippen LogP contribution in [-0.4, -0.2) is 34.0 Å². The van der Waals surface area contributed by atoms with Crippen molar-refractivity contribution in [3.63, 3.8) is 0 Å². The van der Waals surface area contributed by atoms with Crippen LogP contribution in [0.15, 0.2) is 69.9 Å². The predicted molar refractivity (Wildman–Crippen MR) is 128 cm³/mol. The van der Waals surface area contributed by atoms with Gasteiger partial charge in [-0.3, -0.25) is 9.59 Å². The minimum atomic E-state index is -0.923. The van der Waals surface area contributed by atoms with Gasteiger partial charge >= 0.3 is 0 Å². The van der Waals surface area contributed by atoms with Gasteiger partial charge in [-0.05, 0) is 91.4 Å². The first kappa shape index (κ1) is 26.7. The van der Waals surface area contributed by atoms with Gasteiger partial charge in [-0.1, -0.05) is 41.0 Å². The zero-order chi connectivity index (χ0) is 23.6. The smallest absolute Gasteiger partial charge is 0.185 e. The first-order chi connectivity index (χ1) is 14.5. The van der Waals surface area contributed by atoms with Crippen LogP contribution in [0.5, 0.6) is 0 Å². The zero-order valence-electron chi connectivity index (χ0n) is 19.9. The first-order valence-corrected chi connectivity index (χ1v) is 11.0. The van der Waals surface area contributed by atoms with E-state index in [0.717, 1.165) is 42.4 Å². The molecule has 2 N–H and O–H groups in total. The summed E-state index contributed by atoms with van der Waals surface area (Å²) in [6.07, 6.45) is 12.5. The molecule has 0 amide bonds. The molecular weight excluding hydrogens is 388 g/mol. The van der Waals surface area contributed by atoms with E-state index < -0.39 is 12.2 Å². The van der Waals surface area contributed by atoms with Gasteiger partial charge in [0.2, 0.25) is 0 Å². The van der Waals surface area contributed by atoms with Crippen molar-refractivity contribution in [1.82, 2.24) is 0 Å². The molecule has 31 heavy (non-hydrogen) atoms. The van der Waals surface area contributed by atoms with E-state index in [-0.39, 0.29) is 11.6 Å². The van der Waals surface area contributed by atoms with E-state index in [0.29, 0.717) is 17.6 Å². The van der Waals surface area contributed by atoms with Gasteiger partial charge in [-0.2, -0.15) is 0 Å². The third kappa shape index (κ3) is 10.0. The van der Waals surface area contributed by atoms with Crippen LogP contribution in [0.4, 0.5) is 0 Å². The molecular formula is C27H38O4. The predicted octanol–water partition coefficient (Wildman–Crippen LogP) is 5.49. The second kappa shape index (κ2) is 13.2. The minimum absolute atomic E-state index is 0.0688. The van der Waals surface area contributed by atoms with Crippen LogP contribution in [0.1, 0.15) is 73.6 Å². The van der Waals surface area contributed by atoms with Gasteiger partial charge in [-0.15, -0.1) is 0 Å². The number of allylic oxidation sites excluding steroid dienone is 10. The van der Waals surface area contributed by atoms with Gasteiger partial charge in [-0.25, -0.2) is 0 Å². The lowest BCUT2D eigenvalue weighted by atomic mass is 9.94. The number of Topliss-reactive ketones (excluding diaryl/α,β-unsaturated/α-hetero) is 1. The molecule has 0 radical (unpaired) electrons. The van der Waals surface area contributed by atoms with E-state index in [2.05, 4.69) is 19.9 Å². The Labute approximate surface area is 187 Å². The second-order valence-electron chi connectivity index (χ2n) is 8.74. The molecule has 4 heteroatoms. The van der Waals surface area contributed by atoms with E-state index >= 15 is 0 Å². The summed E-state index contributed by atoms with van der Waals surface area (Å²) < 4.78 is 0. The van der Waals surface area contributed by atoms with Crippen molar-refractivity contribution < 1.29 is 19.8 Å². The van der Waals surface area contributed by atoms with E-state index in [4.69, 9.17) is 0 Å². The molecule has 2 atom stereocenters. The number of carbonyl (C=O) groups excluding carboxylic acids is 2. The van der Waals surface area contributed by atoms with Gasteiger partial charge < -0.3 is 10.2 Å². The molecule has 4 nitrogen and oxygen atoms in total. The molecule has 1 aliphatic carbocycles. The maximum absolute atomic E-state index is 12.1. The van der Waals surface area contributed by atoms with Gasteiger partial charge in [0, 0.05) is 11.1 Å². The van der Waals surface area contributed by atoms with Crippen molar-refractivity contribution in [3.05, 3.63) is 69.9 Å². The molecule has 0 bridgehead atoms. The minimum Gasteiger partial charge on any atom is -0.386 e. The summed E-state index contributed by atoms with van der Waals surface area (Å²) in [4.78, 5) is 23.7. The molecule has 2 unspecified atom stereocenters. The van der Waals surface area contributed by atoms with Crippen LogP contribution in [0.25, 0.3) is 0 Å². The maximum Gasteiger partial charge on any atom is 0.185 e. The molecule has 0 aliphatic heterocycles. The highest BCUT2D eigenvalue weighted by atomic mass is 16.3. The van der Waals surface area contributed by atoms with Gasteiger partial charge in [0.05, 0.1) is 0 Å². The number of hydrogen-bond acceptors (Lipinski definition) is 4. The van der Waals surface area contributed by atoms with Crippen LogP contribution in [0.3, 0.4) is 0 Å². The van der Waals surface area contributed by atoms with Crippen LogP contribution in [0, 0.1) is 0 Å². The molecule has 1 rings (SSSR count). The highest BCUT2D eigenvalue weighted by Crippen LogP contribution is 2.19. The number of rotatable bonds is 11. The molecule has 0 saturated carbocycles. The number of aliphatic hydroxyl groups excluding tert-OH is 2. The lowest BCUT2D eigenvalue weighted by molar-refractivity contribution is -0.115. The standard InChI is InChI=1S/C27H38O4/c1-18(2)9-7-11-20(4)15-25(29)27(31)21(5)12-8-10-19(3)13-14-23-17-24(28)16-22(6)26(23)30/h9,12-13,15-17,25,27,29,31H,7-8,10-11,14H2,1-6H3/b19-13+,20-15+,21-12+. The van der Waals surface area contributed by atoms with E-state index in [1.54, 1.807) is 13.0 Å². The lowest BCUT2D eigenvalue weighted by Gasteiger charge is -2.17. The Kier molecular flexibility index (Phi) is 11.4. The number of carbonyl (C=O) groups is 2.